The highest BCUT2D eigenvalue weighted by Gasteiger charge is 2.19. The molecule has 6 nitrogen and oxygen atoms in total. The molecule has 2 aromatic carbocycles. The van der Waals surface area contributed by atoms with Gasteiger partial charge >= 0.3 is 0 Å². The summed E-state index contributed by atoms with van der Waals surface area (Å²) in [4.78, 5) is 22.1. The molecule has 1 aliphatic heterocycles. The molecule has 0 atom stereocenters. The van der Waals surface area contributed by atoms with Crippen LogP contribution in [0.5, 0.6) is 5.88 Å². The predicted molar refractivity (Wildman–Crippen MR) is 126 cm³/mol. The molecule has 2 N–H and O–H groups in total. The first-order chi connectivity index (χ1) is 15.0. The molecule has 1 fully saturated rings. The molecule has 4 rings (SSSR count). The molecule has 1 aromatic heterocycles. The normalized spacial score (nSPS) is 15.5. The number of hydrogen-bond acceptors (Lipinski definition) is 5. The summed E-state index contributed by atoms with van der Waals surface area (Å²) >= 11 is 5.29. The lowest BCUT2D eigenvalue weighted by Crippen LogP contribution is -2.34. The van der Waals surface area contributed by atoms with Crippen LogP contribution in [0, 0.1) is 11.7 Å². The minimum Gasteiger partial charge on any atom is -0.494 e. The first kappa shape index (κ1) is 21.2. The van der Waals surface area contributed by atoms with Gasteiger partial charge in [0.05, 0.1) is 11.7 Å². The van der Waals surface area contributed by atoms with Gasteiger partial charge in [-0.25, -0.2) is 0 Å². The van der Waals surface area contributed by atoms with Gasteiger partial charge in [-0.3, -0.25) is 24.2 Å². The molecule has 31 heavy (non-hydrogen) atoms. The van der Waals surface area contributed by atoms with E-state index in [1.165, 1.54) is 16.3 Å². The molecular formula is C24H26N4O2S. The molecule has 2 heterocycles. The fraction of sp³-hybridized carbons (Fsp3) is 0.292. The van der Waals surface area contributed by atoms with Crippen molar-refractivity contribution >= 4 is 18.4 Å². The lowest BCUT2D eigenvalue weighted by molar-refractivity contribution is 0.206. The van der Waals surface area contributed by atoms with Gasteiger partial charge in [-0.05, 0) is 55.2 Å². The Morgan fingerprint density at radius 2 is 1.90 bits per heavy atom. The monoisotopic (exact) mass is 434 g/mol. The van der Waals surface area contributed by atoms with E-state index in [4.69, 9.17) is 12.2 Å². The van der Waals surface area contributed by atoms with Crippen molar-refractivity contribution in [2.24, 2.45) is 4.99 Å². The number of likely N-dealkylation sites (tertiary alicyclic amines) is 1. The van der Waals surface area contributed by atoms with E-state index in [0.29, 0.717) is 5.69 Å². The molecule has 0 unspecified atom stereocenters. The van der Waals surface area contributed by atoms with Crippen LogP contribution in [0.15, 0.2) is 64.4 Å². The van der Waals surface area contributed by atoms with Gasteiger partial charge in [-0.2, -0.15) is 0 Å². The van der Waals surface area contributed by atoms with Crippen LogP contribution in [-0.4, -0.2) is 44.9 Å². The second-order valence-electron chi connectivity index (χ2n) is 7.94. The lowest BCUT2D eigenvalue weighted by atomic mass is 10.0. The van der Waals surface area contributed by atoms with E-state index in [1.807, 2.05) is 37.3 Å². The van der Waals surface area contributed by atoms with Gasteiger partial charge in [0.25, 0.3) is 5.56 Å². The van der Waals surface area contributed by atoms with Crippen LogP contribution in [0.25, 0.3) is 5.69 Å². The molecule has 0 bridgehead atoms. The molecule has 160 valence electrons. The zero-order valence-corrected chi connectivity index (χ0v) is 18.3. The number of aromatic amines is 1. The fourth-order valence-corrected chi connectivity index (χ4v) is 4.19. The number of aryl methyl sites for hydroxylation is 1. The summed E-state index contributed by atoms with van der Waals surface area (Å²) in [6, 6.07) is 18.2. The van der Waals surface area contributed by atoms with E-state index in [2.05, 4.69) is 39.1 Å². The maximum absolute atomic E-state index is 12.4. The Bertz CT molecular complexity index is 1190. The Balaban J connectivity index is 1.49. The summed E-state index contributed by atoms with van der Waals surface area (Å²) in [6.07, 6.45) is 3.32. The van der Waals surface area contributed by atoms with Crippen molar-refractivity contribution in [2.75, 3.05) is 13.1 Å². The van der Waals surface area contributed by atoms with E-state index in [1.54, 1.807) is 0 Å². The van der Waals surface area contributed by atoms with Gasteiger partial charge in [0.2, 0.25) is 5.88 Å². The minimum absolute atomic E-state index is 0.126. The zero-order valence-electron chi connectivity index (χ0n) is 17.5. The van der Waals surface area contributed by atoms with E-state index >= 15 is 0 Å². The van der Waals surface area contributed by atoms with E-state index < -0.39 is 5.56 Å². The molecule has 0 radical (unpaired) electrons. The summed E-state index contributed by atoms with van der Waals surface area (Å²) in [5, 5.41) is 10.8. The van der Waals surface area contributed by atoms with Gasteiger partial charge in [0.1, 0.15) is 5.56 Å². The van der Waals surface area contributed by atoms with Crippen LogP contribution in [0.1, 0.15) is 29.5 Å². The van der Waals surface area contributed by atoms with Crippen LogP contribution in [-0.2, 0) is 6.54 Å². The molecule has 7 heteroatoms. The van der Waals surface area contributed by atoms with Crippen molar-refractivity contribution in [1.29, 1.82) is 0 Å². The van der Waals surface area contributed by atoms with Crippen molar-refractivity contribution in [3.05, 3.63) is 86.4 Å². The molecule has 3 aromatic rings. The van der Waals surface area contributed by atoms with Gasteiger partial charge in [0.15, 0.2) is 4.77 Å². The Hall–Kier alpha value is -3.03. The van der Waals surface area contributed by atoms with Crippen LogP contribution in [0.4, 0.5) is 0 Å². The third-order valence-corrected chi connectivity index (χ3v) is 5.89. The van der Waals surface area contributed by atoms with Crippen molar-refractivity contribution in [1.82, 2.24) is 14.5 Å². The maximum atomic E-state index is 12.4. The van der Waals surface area contributed by atoms with Gasteiger partial charge in [0, 0.05) is 25.8 Å². The number of H-pyrrole nitrogens is 1. The van der Waals surface area contributed by atoms with Gasteiger partial charge in [-0.15, -0.1) is 0 Å². The molecule has 0 saturated carbocycles. The van der Waals surface area contributed by atoms with E-state index in [-0.39, 0.29) is 22.3 Å². The predicted octanol–water partition coefficient (Wildman–Crippen LogP) is 3.99. The molecule has 0 amide bonds. The number of aliphatic imine (C=N–C) groups is 1. The van der Waals surface area contributed by atoms with Crippen molar-refractivity contribution in [3.63, 3.8) is 0 Å². The number of nitrogens with one attached hydrogen (secondary N) is 1. The average Bonchev–Trinajstić information content (AvgIpc) is 2.75. The van der Waals surface area contributed by atoms with E-state index in [9.17, 15) is 9.90 Å². The number of aromatic hydroxyl groups is 1. The summed E-state index contributed by atoms with van der Waals surface area (Å²) in [7, 11) is 0. The first-order valence-corrected chi connectivity index (χ1v) is 10.9. The second-order valence-corrected chi connectivity index (χ2v) is 8.33. The highest BCUT2D eigenvalue weighted by atomic mass is 32.1. The van der Waals surface area contributed by atoms with Crippen LogP contribution >= 0.6 is 12.2 Å². The van der Waals surface area contributed by atoms with Crippen molar-refractivity contribution in [3.8, 4) is 11.6 Å². The average molecular weight is 435 g/mol. The summed E-state index contributed by atoms with van der Waals surface area (Å²) in [5.74, 6) is -0.190. The van der Waals surface area contributed by atoms with Crippen LogP contribution in [0.3, 0.4) is 0 Å². The van der Waals surface area contributed by atoms with Crippen LogP contribution < -0.4 is 5.56 Å². The smallest absolute Gasteiger partial charge is 0.264 e. The Morgan fingerprint density at radius 3 is 2.61 bits per heavy atom. The number of nitrogens with zero attached hydrogens (tertiary/aromatic N) is 3. The number of hydrogen-bond donors (Lipinski definition) is 2. The molecular weight excluding hydrogens is 408 g/mol. The Kier molecular flexibility index (Phi) is 6.44. The quantitative estimate of drug-likeness (QED) is 0.470. The van der Waals surface area contributed by atoms with Crippen molar-refractivity contribution < 1.29 is 5.11 Å². The molecule has 1 saturated heterocycles. The highest BCUT2D eigenvalue weighted by molar-refractivity contribution is 7.71. The number of aromatic nitrogens is 2. The third kappa shape index (κ3) is 5.00. The first-order valence-electron chi connectivity index (χ1n) is 10.5. The second kappa shape index (κ2) is 9.41. The highest BCUT2D eigenvalue weighted by Crippen LogP contribution is 2.21. The molecule has 1 aliphatic rings. The van der Waals surface area contributed by atoms with Gasteiger partial charge < -0.3 is 5.11 Å². The van der Waals surface area contributed by atoms with Crippen LogP contribution in [0.2, 0.25) is 0 Å². The third-order valence-electron chi connectivity index (χ3n) is 5.60. The topological polar surface area (TPSA) is 73.6 Å². The Morgan fingerprint density at radius 1 is 1.16 bits per heavy atom. The zero-order chi connectivity index (χ0) is 21.8. The molecule has 0 aliphatic carbocycles. The van der Waals surface area contributed by atoms with E-state index in [0.717, 1.165) is 38.0 Å². The fourth-order valence-electron chi connectivity index (χ4n) is 3.91. The number of benzene rings is 2. The Labute approximate surface area is 186 Å². The van der Waals surface area contributed by atoms with Crippen molar-refractivity contribution in [2.45, 2.75) is 32.4 Å². The number of piperidine rings is 1. The van der Waals surface area contributed by atoms with Gasteiger partial charge in [-0.1, -0.05) is 42.5 Å². The SMILES string of the molecule is Cc1cccc(-n2c(O)c(C=NC3CCN(Cc4ccccc4)CC3)c(=O)[nH]c2=S)c1. The maximum Gasteiger partial charge on any atom is 0.264 e. The standard InChI is InChI=1S/C24H26N4O2S/c1-17-6-5-9-20(14-17)28-23(30)21(22(29)26-24(28)31)15-25-19-10-12-27(13-11-19)16-18-7-3-2-4-8-18/h2-9,14-15,19,30H,10-13,16H2,1H3,(H,26,29,31). The largest absolute Gasteiger partial charge is 0.494 e. The molecule has 0 spiro atoms. The minimum atomic E-state index is -0.434. The number of rotatable bonds is 5. The summed E-state index contributed by atoms with van der Waals surface area (Å²) in [5.41, 5.74) is 2.73. The summed E-state index contributed by atoms with van der Waals surface area (Å²) < 4.78 is 1.62. The lowest BCUT2D eigenvalue weighted by Gasteiger charge is -2.30. The summed E-state index contributed by atoms with van der Waals surface area (Å²) in [6.45, 7) is 4.80.